The van der Waals surface area contributed by atoms with Crippen LogP contribution in [0.5, 0.6) is 0 Å². The van der Waals surface area contributed by atoms with Crippen LogP contribution in [-0.2, 0) is 18.2 Å². The van der Waals surface area contributed by atoms with E-state index < -0.39 is 0 Å². The van der Waals surface area contributed by atoms with Gasteiger partial charge >= 0.3 is 0 Å². The van der Waals surface area contributed by atoms with E-state index in [0.29, 0.717) is 12.3 Å². The second kappa shape index (κ2) is 7.58. The van der Waals surface area contributed by atoms with Gasteiger partial charge in [0.1, 0.15) is 5.69 Å². The maximum atomic E-state index is 12.3. The van der Waals surface area contributed by atoms with E-state index in [4.69, 9.17) is 4.74 Å². The summed E-state index contributed by atoms with van der Waals surface area (Å²) in [6.07, 6.45) is 7.22. The average molecular weight is 278 g/mol. The van der Waals surface area contributed by atoms with E-state index in [1.54, 1.807) is 4.68 Å². The summed E-state index contributed by atoms with van der Waals surface area (Å²) in [5, 5.41) is 4.45. The molecule has 1 atom stereocenters. The quantitative estimate of drug-likeness (QED) is 0.542. The number of ketones is 1. The highest BCUT2D eigenvalue weighted by Gasteiger charge is 2.19. The van der Waals surface area contributed by atoms with E-state index >= 15 is 0 Å². The van der Waals surface area contributed by atoms with Gasteiger partial charge in [-0.1, -0.05) is 19.8 Å². The Morgan fingerprint density at radius 3 is 3.05 bits per heavy atom. The van der Waals surface area contributed by atoms with Crippen LogP contribution >= 0.6 is 0 Å². The van der Waals surface area contributed by atoms with Gasteiger partial charge in [-0.15, -0.1) is 0 Å². The number of hydrogen-bond donors (Lipinski definition) is 0. The van der Waals surface area contributed by atoms with Crippen LogP contribution in [0.1, 0.15) is 61.6 Å². The minimum atomic E-state index is 0.216. The van der Waals surface area contributed by atoms with Gasteiger partial charge < -0.3 is 4.74 Å². The molecule has 112 valence electrons. The average Bonchev–Trinajstić information content (AvgIpc) is 3.06. The third-order valence-corrected chi connectivity index (χ3v) is 4.06. The summed E-state index contributed by atoms with van der Waals surface area (Å²) in [6.45, 7) is 3.87. The molecule has 1 aromatic heterocycles. The van der Waals surface area contributed by atoms with Crippen molar-refractivity contribution in [1.82, 2.24) is 9.78 Å². The fourth-order valence-corrected chi connectivity index (χ4v) is 2.74. The maximum absolute atomic E-state index is 12.3. The van der Waals surface area contributed by atoms with Gasteiger partial charge in [-0.2, -0.15) is 5.10 Å². The number of nitrogens with zero attached hydrogens (tertiary/aromatic N) is 2. The molecule has 1 aromatic rings. The maximum Gasteiger partial charge on any atom is 0.180 e. The Labute approximate surface area is 121 Å². The molecule has 2 heterocycles. The van der Waals surface area contributed by atoms with Crippen LogP contribution in [0.3, 0.4) is 0 Å². The molecule has 1 unspecified atom stereocenters. The number of Topliss-reactive ketones (excluding diaryl/α,β-unsaturated/α-hetero) is 1. The Kier molecular flexibility index (Phi) is 5.77. The lowest BCUT2D eigenvalue weighted by Gasteiger charge is -2.06. The highest BCUT2D eigenvalue weighted by Crippen LogP contribution is 2.19. The molecular formula is C16H26N2O2. The smallest absolute Gasteiger partial charge is 0.180 e. The number of ether oxygens (including phenoxy) is 1. The van der Waals surface area contributed by atoms with Gasteiger partial charge in [-0.3, -0.25) is 9.48 Å². The molecule has 20 heavy (non-hydrogen) atoms. The Balaban J connectivity index is 1.85. The van der Waals surface area contributed by atoms with Crippen LogP contribution < -0.4 is 0 Å². The Morgan fingerprint density at radius 2 is 2.35 bits per heavy atom. The molecule has 1 fully saturated rings. The lowest BCUT2D eigenvalue weighted by molar-refractivity contribution is 0.0962. The van der Waals surface area contributed by atoms with Crippen molar-refractivity contribution in [2.24, 2.45) is 13.0 Å². The molecule has 0 N–H and O–H groups in total. The lowest BCUT2D eigenvalue weighted by atomic mass is 10.00. The van der Waals surface area contributed by atoms with Crippen molar-refractivity contribution in [3.8, 4) is 0 Å². The molecule has 1 aliphatic rings. The third-order valence-electron chi connectivity index (χ3n) is 4.06. The van der Waals surface area contributed by atoms with Gasteiger partial charge in [0.25, 0.3) is 0 Å². The van der Waals surface area contributed by atoms with E-state index in [9.17, 15) is 4.79 Å². The van der Waals surface area contributed by atoms with Crippen molar-refractivity contribution in [2.45, 2.75) is 51.9 Å². The summed E-state index contributed by atoms with van der Waals surface area (Å²) in [7, 11) is 1.87. The number of carbonyl (C=O) groups is 1. The molecule has 4 nitrogen and oxygen atoms in total. The van der Waals surface area contributed by atoms with Gasteiger partial charge in [-0.05, 0) is 37.7 Å². The fourth-order valence-electron chi connectivity index (χ4n) is 2.74. The highest BCUT2D eigenvalue weighted by atomic mass is 16.5. The normalized spacial score (nSPS) is 18.6. The minimum Gasteiger partial charge on any atom is -0.381 e. The molecular weight excluding hydrogens is 252 g/mol. The zero-order valence-electron chi connectivity index (χ0n) is 12.7. The fraction of sp³-hybridized carbons (Fsp3) is 0.750. The number of rotatable bonds is 8. The number of hydrogen-bond acceptors (Lipinski definition) is 3. The highest BCUT2D eigenvalue weighted by molar-refractivity contribution is 5.94. The van der Waals surface area contributed by atoms with Crippen molar-refractivity contribution in [3.63, 3.8) is 0 Å². The molecule has 0 saturated carbocycles. The minimum absolute atomic E-state index is 0.216. The molecule has 0 amide bonds. The first-order valence-electron chi connectivity index (χ1n) is 7.84. The van der Waals surface area contributed by atoms with Crippen molar-refractivity contribution < 1.29 is 9.53 Å². The van der Waals surface area contributed by atoms with Gasteiger partial charge in [-0.25, -0.2) is 0 Å². The van der Waals surface area contributed by atoms with E-state index in [1.165, 1.54) is 12.8 Å². The van der Waals surface area contributed by atoms with Gasteiger partial charge in [0.2, 0.25) is 0 Å². The summed E-state index contributed by atoms with van der Waals surface area (Å²) < 4.78 is 7.09. The van der Waals surface area contributed by atoms with Crippen LogP contribution in [-0.4, -0.2) is 28.8 Å². The predicted molar refractivity (Wildman–Crippen MR) is 78.9 cm³/mol. The zero-order chi connectivity index (χ0) is 14.4. The summed E-state index contributed by atoms with van der Waals surface area (Å²) in [5.41, 5.74) is 1.81. The van der Waals surface area contributed by atoms with Crippen molar-refractivity contribution in [1.29, 1.82) is 0 Å². The molecule has 0 aromatic carbocycles. The molecule has 0 aliphatic carbocycles. The summed E-state index contributed by atoms with van der Waals surface area (Å²) in [4.78, 5) is 12.3. The van der Waals surface area contributed by atoms with Crippen LogP contribution in [0.25, 0.3) is 0 Å². The number of carbonyl (C=O) groups excluding carboxylic acids is 1. The second-order valence-corrected chi connectivity index (χ2v) is 5.79. The van der Waals surface area contributed by atoms with E-state index in [0.717, 1.165) is 50.3 Å². The predicted octanol–water partition coefficient (Wildman–Crippen LogP) is 3.15. The van der Waals surface area contributed by atoms with Gasteiger partial charge in [0.05, 0.1) is 5.69 Å². The first-order chi connectivity index (χ1) is 9.70. The molecule has 2 rings (SSSR count). The molecule has 0 radical (unpaired) electrons. The first kappa shape index (κ1) is 15.2. The first-order valence-corrected chi connectivity index (χ1v) is 7.84. The second-order valence-electron chi connectivity index (χ2n) is 5.79. The SMILES string of the molecule is CCCCCc1cc(C(=O)CCC2CCOC2)n(C)n1. The molecule has 0 bridgehead atoms. The van der Waals surface area contributed by atoms with Crippen LogP contribution in [0.15, 0.2) is 6.07 Å². The topological polar surface area (TPSA) is 44.1 Å². The summed E-state index contributed by atoms with van der Waals surface area (Å²) in [5.74, 6) is 0.782. The standard InChI is InChI=1S/C16H26N2O2/c1-3-4-5-6-14-11-15(18(2)17-14)16(19)8-7-13-9-10-20-12-13/h11,13H,3-10,12H2,1-2H3. The van der Waals surface area contributed by atoms with Gasteiger partial charge in [0.15, 0.2) is 5.78 Å². The zero-order valence-corrected chi connectivity index (χ0v) is 12.7. The van der Waals surface area contributed by atoms with E-state index in [-0.39, 0.29) is 5.78 Å². The van der Waals surface area contributed by atoms with E-state index in [1.807, 2.05) is 13.1 Å². The molecule has 4 heteroatoms. The van der Waals surface area contributed by atoms with Crippen molar-refractivity contribution in [3.05, 3.63) is 17.5 Å². The Hall–Kier alpha value is -1.16. The number of aryl methyl sites for hydroxylation is 2. The van der Waals surface area contributed by atoms with Crippen molar-refractivity contribution >= 4 is 5.78 Å². The van der Waals surface area contributed by atoms with Crippen LogP contribution in [0.2, 0.25) is 0 Å². The molecule has 1 saturated heterocycles. The monoisotopic (exact) mass is 278 g/mol. The van der Waals surface area contributed by atoms with Crippen molar-refractivity contribution in [2.75, 3.05) is 13.2 Å². The Bertz CT molecular complexity index is 434. The Morgan fingerprint density at radius 1 is 1.50 bits per heavy atom. The molecule has 1 aliphatic heterocycles. The van der Waals surface area contributed by atoms with Gasteiger partial charge in [0, 0.05) is 26.7 Å². The number of aromatic nitrogens is 2. The largest absolute Gasteiger partial charge is 0.381 e. The van der Waals surface area contributed by atoms with Crippen LogP contribution in [0, 0.1) is 5.92 Å². The summed E-state index contributed by atoms with van der Waals surface area (Å²) in [6, 6.07) is 1.98. The van der Waals surface area contributed by atoms with E-state index in [2.05, 4.69) is 12.0 Å². The third kappa shape index (κ3) is 4.17. The lowest BCUT2D eigenvalue weighted by Crippen LogP contribution is -2.09. The number of unbranched alkanes of at least 4 members (excludes halogenated alkanes) is 2. The van der Waals surface area contributed by atoms with Crippen LogP contribution in [0.4, 0.5) is 0 Å². The molecule has 0 spiro atoms. The summed E-state index contributed by atoms with van der Waals surface area (Å²) >= 11 is 0.